The summed E-state index contributed by atoms with van der Waals surface area (Å²) in [5, 5.41) is 21.9. The van der Waals surface area contributed by atoms with Gasteiger partial charge in [-0.2, -0.15) is 10.1 Å². The minimum atomic E-state index is -1.26. The van der Waals surface area contributed by atoms with Crippen LogP contribution in [0.1, 0.15) is 37.4 Å². The summed E-state index contributed by atoms with van der Waals surface area (Å²) in [6.07, 6.45) is 8.31. The summed E-state index contributed by atoms with van der Waals surface area (Å²) in [6, 6.07) is 5.37. The highest BCUT2D eigenvalue weighted by molar-refractivity contribution is 6.76. The molecule has 0 radical (unpaired) electrons. The molecule has 242 valence electrons. The van der Waals surface area contributed by atoms with Gasteiger partial charge in [0.05, 0.1) is 16.7 Å². The molecule has 2 bridgehead atoms. The first-order valence-electron chi connectivity index (χ1n) is 15.7. The third-order valence-corrected chi connectivity index (χ3v) is 11.0. The van der Waals surface area contributed by atoms with Gasteiger partial charge in [0, 0.05) is 61.7 Å². The lowest BCUT2D eigenvalue weighted by Gasteiger charge is -2.39. The van der Waals surface area contributed by atoms with Crippen LogP contribution >= 0.6 is 11.6 Å². The lowest BCUT2D eigenvalue weighted by molar-refractivity contribution is 0.0899. The normalized spacial score (nSPS) is 19.8. The zero-order chi connectivity index (χ0) is 32.2. The molecular formula is C31H38ClN9O4Si. The maximum atomic E-state index is 11.3. The van der Waals surface area contributed by atoms with E-state index in [1.165, 1.54) is 0 Å². The fraction of sp³-hybridized carbons (Fsp3) is 0.484. The number of benzene rings is 1. The Morgan fingerprint density at radius 3 is 2.63 bits per heavy atom. The largest absolute Gasteiger partial charge is 0.465 e. The fourth-order valence-electron chi connectivity index (χ4n) is 6.78. The van der Waals surface area contributed by atoms with E-state index in [4.69, 9.17) is 30.8 Å². The summed E-state index contributed by atoms with van der Waals surface area (Å²) in [6.45, 7) is 10.2. The maximum absolute atomic E-state index is 11.3. The van der Waals surface area contributed by atoms with Gasteiger partial charge in [-0.15, -0.1) is 0 Å². The summed E-state index contributed by atoms with van der Waals surface area (Å²) >= 11 is 7.09. The lowest BCUT2D eigenvalue weighted by Crippen LogP contribution is -2.50. The number of ether oxygens (including phenoxy) is 1. The van der Waals surface area contributed by atoms with Gasteiger partial charge in [0.15, 0.2) is 11.5 Å². The number of hydrogen-bond acceptors (Lipinski definition) is 9. The molecule has 5 aromatic rings. The second-order valence-corrected chi connectivity index (χ2v) is 19.6. The Kier molecular flexibility index (Phi) is 7.97. The van der Waals surface area contributed by atoms with Crippen molar-refractivity contribution in [1.29, 1.82) is 0 Å². The van der Waals surface area contributed by atoms with Gasteiger partial charge in [0.2, 0.25) is 5.89 Å². The number of rotatable bonds is 10. The smallest absolute Gasteiger partial charge is 0.404 e. The topological polar surface area (TPSA) is 149 Å². The van der Waals surface area contributed by atoms with Crippen molar-refractivity contribution in [2.24, 2.45) is 0 Å². The molecule has 2 fully saturated rings. The Balaban J connectivity index is 1.23. The molecule has 2 unspecified atom stereocenters. The van der Waals surface area contributed by atoms with Crippen molar-refractivity contribution in [3.05, 3.63) is 47.5 Å². The first-order chi connectivity index (χ1) is 22.0. The van der Waals surface area contributed by atoms with E-state index in [-0.39, 0.29) is 18.1 Å². The van der Waals surface area contributed by atoms with Crippen LogP contribution in [0.15, 0.2) is 35.2 Å². The Morgan fingerprint density at radius 2 is 1.93 bits per heavy atom. The third-order valence-electron chi connectivity index (χ3n) is 8.93. The molecule has 2 aliphatic heterocycles. The monoisotopic (exact) mass is 663 g/mol. The highest BCUT2D eigenvalue weighted by atomic mass is 35.5. The Labute approximate surface area is 271 Å². The van der Waals surface area contributed by atoms with Crippen LogP contribution in [0.3, 0.4) is 0 Å². The van der Waals surface area contributed by atoms with Crippen LogP contribution < -0.4 is 10.2 Å². The van der Waals surface area contributed by atoms with Crippen LogP contribution in [-0.2, 0) is 18.0 Å². The van der Waals surface area contributed by atoms with Crippen molar-refractivity contribution in [1.82, 2.24) is 39.8 Å². The molecule has 2 atom stereocenters. The van der Waals surface area contributed by atoms with Crippen LogP contribution in [-0.4, -0.2) is 78.5 Å². The number of nitrogens with one attached hydrogen (secondary N) is 1. The second kappa shape index (κ2) is 12.0. The second-order valence-electron chi connectivity index (χ2n) is 13.6. The van der Waals surface area contributed by atoms with Crippen LogP contribution in [0, 0.1) is 6.92 Å². The predicted octanol–water partition coefficient (Wildman–Crippen LogP) is 5.92. The fourth-order valence-corrected chi connectivity index (χ4v) is 7.85. The molecule has 7 rings (SSSR count). The van der Waals surface area contributed by atoms with E-state index in [1.807, 2.05) is 35.3 Å². The molecule has 0 spiro atoms. The molecule has 15 heteroatoms. The maximum Gasteiger partial charge on any atom is 0.404 e. The zero-order valence-corrected chi connectivity index (χ0v) is 28.2. The summed E-state index contributed by atoms with van der Waals surface area (Å²) in [5.41, 5.74) is 3.91. The minimum Gasteiger partial charge on any atom is -0.465 e. The average Bonchev–Trinajstić information content (AvgIpc) is 3.75. The molecule has 6 heterocycles. The minimum absolute atomic E-state index is 0.0456. The van der Waals surface area contributed by atoms with Crippen molar-refractivity contribution in [2.75, 3.05) is 11.5 Å². The molecule has 46 heavy (non-hydrogen) atoms. The summed E-state index contributed by atoms with van der Waals surface area (Å²) in [5.74, 6) is 1.85. The van der Waals surface area contributed by atoms with E-state index in [1.54, 1.807) is 11.6 Å². The van der Waals surface area contributed by atoms with E-state index in [9.17, 15) is 9.90 Å². The number of aromatic nitrogens is 7. The van der Waals surface area contributed by atoms with E-state index in [0.717, 1.165) is 70.7 Å². The molecular weight excluding hydrogens is 626 g/mol. The van der Waals surface area contributed by atoms with Crippen molar-refractivity contribution < 1.29 is 19.2 Å². The van der Waals surface area contributed by atoms with Gasteiger partial charge in [0.1, 0.15) is 24.6 Å². The lowest BCUT2D eigenvalue weighted by atomic mass is 9.97. The Hall–Kier alpha value is -4.01. The van der Waals surface area contributed by atoms with Gasteiger partial charge in [0.25, 0.3) is 0 Å². The van der Waals surface area contributed by atoms with Gasteiger partial charge < -0.3 is 29.2 Å². The molecule has 0 saturated carbocycles. The standard InChI is InChI=1S/C31H38ClN9O4Si/c1-18-34-27(45-38-18)16-40-15-24-25(37-40)8-7-22(28(24)32)23-14-39(17-44-9-10-46(2,3)4)30-29(23)33-13-26(36-30)41-20-5-6-21(41)12-19(11-20)35-31(42)43/h7-8,13-15,19-21,35H,5-6,9-12,16-17H2,1-4H3,(H,42,43). The molecule has 2 aliphatic rings. The van der Waals surface area contributed by atoms with E-state index >= 15 is 0 Å². The van der Waals surface area contributed by atoms with Gasteiger partial charge in [-0.3, -0.25) is 4.68 Å². The highest BCUT2D eigenvalue weighted by Gasteiger charge is 2.42. The number of aryl methyl sites for hydroxylation is 1. The van der Waals surface area contributed by atoms with Crippen LogP contribution in [0.25, 0.3) is 33.2 Å². The molecule has 2 N–H and O–H groups in total. The number of piperidine rings is 1. The van der Waals surface area contributed by atoms with E-state index in [0.29, 0.717) is 36.6 Å². The number of carboxylic acid groups (broad SMARTS) is 1. The number of hydrogen-bond donors (Lipinski definition) is 2. The third kappa shape index (κ3) is 6.08. The zero-order valence-electron chi connectivity index (χ0n) is 26.4. The van der Waals surface area contributed by atoms with Crippen LogP contribution in [0.2, 0.25) is 30.7 Å². The van der Waals surface area contributed by atoms with Gasteiger partial charge in [-0.05, 0) is 44.7 Å². The molecule has 0 aliphatic carbocycles. The number of anilines is 1. The number of amides is 1. The highest BCUT2D eigenvalue weighted by Crippen LogP contribution is 2.41. The first-order valence-corrected chi connectivity index (χ1v) is 19.8. The molecule has 2 saturated heterocycles. The van der Waals surface area contributed by atoms with Crippen LogP contribution in [0.4, 0.5) is 10.6 Å². The van der Waals surface area contributed by atoms with Crippen molar-refractivity contribution in [3.63, 3.8) is 0 Å². The quantitative estimate of drug-likeness (QED) is 0.136. The van der Waals surface area contributed by atoms with E-state index in [2.05, 4.69) is 45.1 Å². The first kappa shape index (κ1) is 30.6. The Morgan fingerprint density at radius 1 is 1.15 bits per heavy atom. The van der Waals surface area contributed by atoms with Crippen molar-refractivity contribution in [2.45, 2.75) is 89.7 Å². The van der Waals surface area contributed by atoms with Gasteiger partial charge in [-0.25, -0.2) is 14.8 Å². The number of nitrogens with zero attached hydrogens (tertiary/aromatic N) is 8. The van der Waals surface area contributed by atoms with Gasteiger partial charge >= 0.3 is 6.09 Å². The predicted molar refractivity (Wildman–Crippen MR) is 177 cm³/mol. The van der Waals surface area contributed by atoms with Crippen molar-refractivity contribution in [3.8, 4) is 11.1 Å². The molecule has 4 aromatic heterocycles. The average molecular weight is 664 g/mol. The van der Waals surface area contributed by atoms with Crippen molar-refractivity contribution >= 4 is 53.7 Å². The number of carbonyl (C=O) groups is 1. The molecule has 13 nitrogen and oxygen atoms in total. The molecule has 1 aromatic carbocycles. The number of fused-ring (bicyclic) bond motifs is 4. The summed E-state index contributed by atoms with van der Waals surface area (Å²) in [7, 11) is -1.26. The Bertz CT molecular complexity index is 1900. The van der Waals surface area contributed by atoms with E-state index < -0.39 is 14.2 Å². The van der Waals surface area contributed by atoms with Crippen LogP contribution in [0.5, 0.6) is 0 Å². The van der Waals surface area contributed by atoms with Gasteiger partial charge in [-0.1, -0.05) is 42.5 Å². The molecule has 1 amide bonds. The summed E-state index contributed by atoms with van der Waals surface area (Å²) in [4.78, 5) is 28.1. The number of halogens is 1. The SMILES string of the molecule is Cc1noc(Cn2cc3c(Cl)c(-c4cn(COCC[Si](C)(C)C)c5nc(N6C7CCC6CC(NC(=O)O)C7)cnc45)ccc3n2)n1. The summed E-state index contributed by atoms with van der Waals surface area (Å²) < 4.78 is 15.2.